The molecule has 2 N–H and O–H groups in total. The molecule has 2 heterocycles. The number of hydrogen-bond acceptors (Lipinski definition) is 3. The zero-order valence-corrected chi connectivity index (χ0v) is 10.4. The fourth-order valence-corrected chi connectivity index (χ4v) is 2.00. The summed E-state index contributed by atoms with van der Waals surface area (Å²) in [6, 6.07) is 17.9. The van der Waals surface area contributed by atoms with Crippen LogP contribution in [0.1, 0.15) is 5.69 Å². The minimum atomic E-state index is 0.416. The molecule has 1 aromatic carbocycles. The fraction of sp³-hybridized carbons (Fsp3) is 0.0667. The third kappa shape index (κ3) is 2.26. The summed E-state index contributed by atoms with van der Waals surface area (Å²) >= 11 is 0. The van der Waals surface area contributed by atoms with Gasteiger partial charge >= 0.3 is 0 Å². The van der Waals surface area contributed by atoms with Gasteiger partial charge in [-0.15, -0.1) is 0 Å². The normalized spacial score (nSPS) is 10.6. The van der Waals surface area contributed by atoms with Gasteiger partial charge in [0.15, 0.2) is 5.82 Å². The van der Waals surface area contributed by atoms with Gasteiger partial charge < -0.3 is 5.73 Å². The van der Waals surface area contributed by atoms with Gasteiger partial charge in [-0.3, -0.25) is 0 Å². The third-order valence-corrected chi connectivity index (χ3v) is 2.90. The van der Waals surface area contributed by atoms with E-state index in [-0.39, 0.29) is 0 Å². The molecule has 3 aromatic rings. The van der Waals surface area contributed by atoms with E-state index in [4.69, 9.17) is 5.73 Å². The fourth-order valence-electron chi connectivity index (χ4n) is 2.00. The molecule has 3 rings (SSSR count). The first-order valence-electron chi connectivity index (χ1n) is 6.14. The predicted octanol–water partition coefficient (Wildman–Crippen LogP) is 2.39. The molecule has 94 valence electrons. The highest BCUT2D eigenvalue weighted by molar-refractivity contribution is 5.61. The van der Waals surface area contributed by atoms with Crippen molar-refractivity contribution in [2.75, 3.05) is 0 Å². The Bertz CT molecular complexity index is 602. The van der Waals surface area contributed by atoms with Crippen LogP contribution in [-0.2, 0) is 6.54 Å². The lowest BCUT2D eigenvalue weighted by molar-refractivity contribution is 0.815. The largest absolute Gasteiger partial charge is 0.325 e. The summed E-state index contributed by atoms with van der Waals surface area (Å²) in [5.74, 6) is 0.793. The number of aromatic nitrogens is 3. The molecule has 0 aliphatic rings. The molecule has 4 nitrogen and oxygen atoms in total. The van der Waals surface area contributed by atoms with Gasteiger partial charge in [-0.25, -0.2) is 9.67 Å². The summed E-state index contributed by atoms with van der Waals surface area (Å²) in [6.07, 6.45) is 1.76. The Kier molecular flexibility index (Phi) is 3.08. The third-order valence-electron chi connectivity index (χ3n) is 2.90. The molecule has 2 aromatic heterocycles. The molecule has 0 aliphatic heterocycles. The Morgan fingerprint density at radius 3 is 2.47 bits per heavy atom. The van der Waals surface area contributed by atoms with Gasteiger partial charge in [-0.1, -0.05) is 36.4 Å². The van der Waals surface area contributed by atoms with Crippen LogP contribution < -0.4 is 5.73 Å². The van der Waals surface area contributed by atoms with Gasteiger partial charge in [0.1, 0.15) is 0 Å². The standard InChI is InChI=1S/C15H14N4/c16-11-13-10-14(12-6-2-1-3-7-12)19(18-13)15-8-4-5-9-17-15/h1-10H,11,16H2. The highest BCUT2D eigenvalue weighted by atomic mass is 15.3. The lowest BCUT2D eigenvalue weighted by Crippen LogP contribution is -2.03. The van der Waals surface area contributed by atoms with E-state index in [1.807, 2.05) is 47.1 Å². The minimum absolute atomic E-state index is 0.416. The average Bonchev–Trinajstić information content (AvgIpc) is 2.93. The number of nitrogens with zero attached hydrogens (tertiary/aromatic N) is 3. The lowest BCUT2D eigenvalue weighted by atomic mass is 10.1. The number of nitrogens with two attached hydrogens (primary N) is 1. The summed E-state index contributed by atoms with van der Waals surface area (Å²) in [6.45, 7) is 0.416. The van der Waals surface area contributed by atoms with Crippen molar-refractivity contribution in [3.05, 3.63) is 66.5 Å². The van der Waals surface area contributed by atoms with Crippen LogP contribution in [0.4, 0.5) is 0 Å². The molecule has 4 heteroatoms. The van der Waals surface area contributed by atoms with Crippen LogP contribution in [0.25, 0.3) is 17.1 Å². The maximum Gasteiger partial charge on any atom is 0.153 e. The first-order chi connectivity index (χ1) is 9.38. The topological polar surface area (TPSA) is 56.7 Å². The Hall–Kier alpha value is -2.46. The monoisotopic (exact) mass is 250 g/mol. The van der Waals surface area contributed by atoms with Crippen molar-refractivity contribution in [1.82, 2.24) is 14.8 Å². The molecule has 0 radical (unpaired) electrons. The Balaban J connectivity index is 2.17. The van der Waals surface area contributed by atoms with Crippen LogP contribution in [0.15, 0.2) is 60.8 Å². The van der Waals surface area contributed by atoms with Crippen molar-refractivity contribution in [3.8, 4) is 17.1 Å². The summed E-state index contributed by atoms with van der Waals surface area (Å²) < 4.78 is 1.83. The molecular formula is C15H14N4. The van der Waals surface area contributed by atoms with Gasteiger partial charge in [0.05, 0.1) is 11.4 Å². The van der Waals surface area contributed by atoms with E-state index in [1.54, 1.807) is 6.20 Å². The number of pyridine rings is 1. The maximum absolute atomic E-state index is 5.69. The molecule has 0 saturated heterocycles. The molecule has 0 bridgehead atoms. The van der Waals surface area contributed by atoms with Crippen LogP contribution in [0, 0.1) is 0 Å². The molecule has 0 amide bonds. The van der Waals surface area contributed by atoms with Crippen molar-refractivity contribution in [2.24, 2.45) is 5.73 Å². The predicted molar refractivity (Wildman–Crippen MR) is 74.7 cm³/mol. The van der Waals surface area contributed by atoms with E-state index < -0.39 is 0 Å². The van der Waals surface area contributed by atoms with Gasteiger partial charge in [0.25, 0.3) is 0 Å². The van der Waals surface area contributed by atoms with E-state index in [0.29, 0.717) is 6.54 Å². The lowest BCUT2D eigenvalue weighted by Gasteiger charge is -2.05. The summed E-state index contributed by atoms with van der Waals surface area (Å²) in [4.78, 5) is 4.34. The van der Waals surface area contributed by atoms with Crippen molar-refractivity contribution in [3.63, 3.8) is 0 Å². The summed E-state index contributed by atoms with van der Waals surface area (Å²) in [5.41, 5.74) is 8.64. The quantitative estimate of drug-likeness (QED) is 0.776. The van der Waals surface area contributed by atoms with Crippen molar-refractivity contribution < 1.29 is 0 Å². The van der Waals surface area contributed by atoms with Crippen LogP contribution in [0.5, 0.6) is 0 Å². The van der Waals surface area contributed by atoms with Crippen LogP contribution in [-0.4, -0.2) is 14.8 Å². The van der Waals surface area contributed by atoms with Crippen molar-refractivity contribution >= 4 is 0 Å². The van der Waals surface area contributed by atoms with Crippen molar-refractivity contribution in [1.29, 1.82) is 0 Å². The second kappa shape index (κ2) is 5.04. The number of hydrogen-bond donors (Lipinski definition) is 1. The van der Waals surface area contributed by atoms with Crippen molar-refractivity contribution in [2.45, 2.75) is 6.54 Å². The molecule has 19 heavy (non-hydrogen) atoms. The maximum atomic E-state index is 5.69. The Morgan fingerprint density at radius 2 is 1.79 bits per heavy atom. The SMILES string of the molecule is NCc1cc(-c2ccccc2)n(-c2ccccn2)n1. The Labute approximate surface area is 111 Å². The Morgan fingerprint density at radius 1 is 1.00 bits per heavy atom. The zero-order chi connectivity index (χ0) is 13.1. The van der Waals surface area contributed by atoms with E-state index >= 15 is 0 Å². The molecule has 0 aliphatic carbocycles. The first kappa shape index (κ1) is 11.6. The molecule has 0 fully saturated rings. The molecule has 0 saturated carbocycles. The van der Waals surface area contributed by atoms with E-state index in [9.17, 15) is 0 Å². The number of benzene rings is 1. The molecule has 0 unspecified atom stereocenters. The summed E-state index contributed by atoms with van der Waals surface area (Å²) in [5, 5.41) is 4.50. The second-order valence-corrected chi connectivity index (χ2v) is 4.19. The molecule has 0 atom stereocenters. The smallest absolute Gasteiger partial charge is 0.153 e. The summed E-state index contributed by atoms with van der Waals surface area (Å²) in [7, 11) is 0. The van der Waals surface area contributed by atoms with Gasteiger partial charge in [-0.05, 0) is 18.2 Å². The van der Waals surface area contributed by atoms with Gasteiger partial charge in [-0.2, -0.15) is 5.10 Å². The highest BCUT2D eigenvalue weighted by Gasteiger charge is 2.11. The molecular weight excluding hydrogens is 236 g/mol. The average molecular weight is 250 g/mol. The van der Waals surface area contributed by atoms with Gasteiger partial charge in [0.2, 0.25) is 0 Å². The minimum Gasteiger partial charge on any atom is -0.325 e. The van der Waals surface area contributed by atoms with Crippen LogP contribution in [0.3, 0.4) is 0 Å². The van der Waals surface area contributed by atoms with Gasteiger partial charge in [0, 0.05) is 18.3 Å². The van der Waals surface area contributed by atoms with Crippen LogP contribution >= 0.6 is 0 Å². The highest BCUT2D eigenvalue weighted by Crippen LogP contribution is 2.22. The zero-order valence-electron chi connectivity index (χ0n) is 10.4. The molecule has 0 spiro atoms. The first-order valence-corrected chi connectivity index (χ1v) is 6.14. The van der Waals surface area contributed by atoms with E-state index in [1.165, 1.54) is 0 Å². The number of rotatable bonds is 3. The second-order valence-electron chi connectivity index (χ2n) is 4.19. The van der Waals surface area contributed by atoms with Crippen LogP contribution in [0.2, 0.25) is 0 Å². The van der Waals surface area contributed by atoms with E-state index in [2.05, 4.69) is 22.2 Å². The van der Waals surface area contributed by atoms with E-state index in [0.717, 1.165) is 22.8 Å².